The van der Waals surface area contributed by atoms with E-state index in [1.165, 1.54) is 6.33 Å². The normalized spacial score (nSPS) is 10.5. The second-order valence-corrected chi connectivity index (χ2v) is 2.10. The molecule has 0 saturated heterocycles. The first-order valence-corrected chi connectivity index (χ1v) is 2.97. The van der Waals surface area contributed by atoms with Gasteiger partial charge in [-0.1, -0.05) is 6.07 Å². The summed E-state index contributed by atoms with van der Waals surface area (Å²) < 4.78 is 1.70. The lowest BCUT2D eigenvalue weighted by Gasteiger charge is -1.91. The molecule has 0 saturated carbocycles. The van der Waals surface area contributed by atoms with E-state index in [9.17, 15) is 0 Å². The Bertz CT molecular complexity index is 350. The van der Waals surface area contributed by atoms with Crippen molar-refractivity contribution in [1.82, 2.24) is 14.6 Å². The second kappa shape index (κ2) is 1.80. The van der Waals surface area contributed by atoms with E-state index in [0.29, 0.717) is 0 Å². The molecule has 3 nitrogen and oxygen atoms in total. The molecule has 2 aromatic heterocycles. The lowest BCUT2D eigenvalue weighted by molar-refractivity contribution is 0.957. The summed E-state index contributed by atoms with van der Waals surface area (Å²) in [4.78, 5) is 3.98. The van der Waals surface area contributed by atoms with Gasteiger partial charge in [0.25, 0.3) is 0 Å². The predicted octanol–water partition coefficient (Wildman–Crippen LogP) is 0.911. The van der Waals surface area contributed by atoms with Gasteiger partial charge in [0.2, 0.25) is 0 Å². The van der Waals surface area contributed by atoms with Crippen LogP contribution in [0.5, 0.6) is 0 Å². The van der Waals surface area contributed by atoms with Crippen LogP contribution >= 0.6 is 0 Å². The van der Waals surface area contributed by atoms with E-state index in [4.69, 9.17) is 0 Å². The Hall–Kier alpha value is -1.38. The van der Waals surface area contributed by atoms with Crippen molar-refractivity contribution < 1.29 is 0 Å². The van der Waals surface area contributed by atoms with Gasteiger partial charge in [-0.25, -0.2) is 9.50 Å². The third-order valence-corrected chi connectivity index (χ3v) is 1.34. The highest BCUT2D eigenvalue weighted by atomic mass is 15.3. The topological polar surface area (TPSA) is 30.2 Å². The van der Waals surface area contributed by atoms with E-state index in [1.807, 2.05) is 18.3 Å². The van der Waals surface area contributed by atoms with Crippen LogP contribution in [0.4, 0.5) is 0 Å². The first-order chi connectivity index (χ1) is 4.86. The maximum atomic E-state index is 3.98. The molecule has 0 amide bonds. The number of hydrogen-bond donors (Lipinski definition) is 0. The fraction of sp³-hybridized carbons (Fsp3) is 0. The third kappa shape index (κ3) is 0.673. The summed E-state index contributed by atoms with van der Waals surface area (Å²) in [6, 6.07) is 3.79. The van der Waals surface area contributed by atoms with Crippen LogP contribution in [0.25, 0.3) is 5.65 Å². The number of hydrogen-bond acceptors (Lipinski definition) is 2. The molecule has 2 heterocycles. The summed E-state index contributed by atoms with van der Waals surface area (Å²) in [5, 5.41) is 3.95. The quantitative estimate of drug-likeness (QED) is 0.533. The second-order valence-electron chi connectivity index (χ2n) is 2.10. The molecule has 0 aliphatic carbocycles. The number of nitrogens with zero attached hydrogens (tertiary/aromatic N) is 3. The molecule has 3 heteroatoms. The van der Waals surface area contributed by atoms with Gasteiger partial charge in [-0.3, -0.25) is 0 Å². The van der Waals surface area contributed by atoms with E-state index in [1.54, 1.807) is 4.52 Å². The average molecular weight is 132 g/mol. The highest BCUT2D eigenvalue weighted by Gasteiger charge is 1.91. The zero-order valence-electron chi connectivity index (χ0n) is 5.36. The molecule has 0 fully saturated rings. The summed E-state index contributed by atoms with van der Waals surface area (Å²) in [5.74, 6) is 0. The van der Waals surface area contributed by atoms with Crippen LogP contribution in [0, 0.1) is 6.92 Å². The van der Waals surface area contributed by atoms with Crippen molar-refractivity contribution in [2.45, 2.75) is 0 Å². The van der Waals surface area contributed by atoms with E-state index in [-0.39, 0.29) is 0 Å². The molecule has 2 rings (SSSR count). The van der Waals surface area contributed by atoms with Gasteiger partial charge in [-0.15, -0.1) is 0 Å². The zero-order chi connectivity index (χ0) is 6.97. The Morgan fingerprint density at radius 1 is 1.40 bits per heavy atom. The Labute approximate surface area is 58.3 Å². The van der Waals surface area contributed by atoms with Crippen LogP contribution in [-0.4, -0.2) is 14.6 Å². The molecule has 0 unspecified atom stereocenters. The SMILES string of the molecule is [CH2]c1ccc2ncnn2c1. The van der Waals surface area contributed by atoms with Crippen molar-refractivity contribution in [3.63, 3.8) is 0 Å². The monoisotopic (exact) mass is 132 g/mol. The standard InChI is InChI=1S/C7H6N3/c1-6-2-3-7-8-5-9-10(7)4-6/h2-5H,1H2. The van der Waals surface area contributed by atoms with Crippen LogP contribution in [0.1, 0.15) is 5.56 Å². The number of fused-ring (bicyclic) bond motifs is 1. The number of rotatable bonds is 0. The molecular weight excluding hydrogens is 126 g/mol. The first-order valence-electron chi connectivity index (χ1n) is 2.97. The highest BCUT2D eigenvalue weighted by Crippen LogP contribution is 1.99. The molecule has 0 atom stereocenters. The molecule has 49 valence electrons. The van der Waals surface area contributed by atoms with Gasteiger partial charge in [-0.05, 0) is 18.6 Å². The Morgan fingerprint density at radius 2 is 2.30 bits per heavy atom. The average Bonchev–Trinajstić information content (AvgIpc) is 2.33. The summed E-state index contributed by atoms with van der Waals surface area (Å²) in [7, 11) is 0. The molecule has 0 spiro atoms. The summed E-state index contributed by atoms with van der Waals surface area (Å²) in [6.07, 6.45) is 3.36. The fourth-order valence-corrected chi connectivity index (χ4v) is 0.859. The van der Waals surface area contributed by atoms with Crippen LogP contribution in [0.3, 0.4) is 0 Å². The van der Waals surface area contributed by atoms with Crippen molar-refractivity contribution in [3.05, 3.63) is 37.1 Å². The van der Waals surface area contributed by atoms with E-state index in [0.717, 1.165) is 11.2 Å². The Balaban J connectivity index is 2.86. The van der Waals surface area contributed by atoms with Crippen LogP contribution in [0.15, 0.2) is 24.7 Å². The van der Waals surface area contributed by atoms with Gasteiger partial charge in [0.15, 0.2) is 5.65 Å². The van der Waals surface area contributed by atoms with Crippen molar-refractivity contribution in [2.24, 2.45) is 0 Å². The zero-order valence-corrected chi connectivity index (χ0v) is 5.36. The van der Waals surface area contributed by atoms with Gasteiger partial charge in [0.05, 0.1) is 0 Å². The number of aromatic nitrogens is 3. The predicted molar refractivity (Wildman–Crippen MR) is 37.4 cm³/mol. The fourth-order valence-electron chi connectivity index (χ4n) is 0.859. The Morgan fingerprint density at radius 3 is 3.20 bits per heavy atom. The maximum absolute atomic E-state index is 3.98. The molecule has 0 aromatic carbocycles. The Kier molecular flexibility index (Phi) is 0.974. The molecule has 0 bridgehead atoms. The van der Waals surface area contributed by atoms with Gasteiger partial charge in [0.1, 0.15) is 6.33 Å². The van der Waals surface area contributed by atoms with E-state index in [2.05, 4.69) is 17.0 Å². The minimum absolute atomic E-state index is 0.854. The third-order valence-electron chi connectivity index (χ3n) is 1.34. The van der Waals surface area contributed by atoms with Gasteiger partial charge in [-0.2, -0.15) is 5.10 Å². The van der Waals surface area contributed by atoms with E-state index < -0.39 is 0 Å². The molecule has 0 aliphatic heterocycles. The molecular formula is C7H6N3. The first kappa shape index (κ1) is 5.41. The van der Waals surface area contributed by atoms with Gasteiger partial charge >= 0.3 is 0 Å². The lowest BCUT2D eigenvalue weighted by Crippen LogP contribution is -1.86. The number of pyridine rings is 1. The van der Waals surface area contributed by atoms with Crippen LogP contribution in [0.2, 0.25) is 0 Å². The smallest absolute Gasteiger partial charge is 0.155 e. The van der Waals surface area contributed by atoms with Crippen molar-refractivity contribution in [3.8, 4) is 0 Å². The minimum atomic E-state index is 0.854. The van der Waals surface area contributed by atoms with Gasteiger partial charge < -0.3 is 0 Å². The maximum Gasteiger partial charge on any atom is 0.155 e. The molecule has 0 aliphatic rings. The van der Waals surface area contributed by atoms with Crippen LogP contribution in [-0.2, 0) is 0 Å². The summed E-state index contributed by atoms with van der Waals surface area (Å²) in [6.45, 7) is 3.76. The molecule has 10 heavy (non-hydrogen) atoms. The summed E-state index contributed by atoms with van der Waals surface area (Å²) >= 11 is 0. The lowest BCUT2D eigenvalue weighted by atomic mass is 10.3. The molecule has 0 N–H and O–H groups in total. The van der Waals surface area contributed by atoms with Crippen molar-refractivity contribution in [2.75, 3.05) is 0 Å². The largest absolute Gasteiger partial charge is 0.221 e. The van der Waals surface area contributed by atoms with Gasteiger partial charge in [0, 0.05) is 6.20 Å². The molecule has 2 aromatic rings. The minimum Gasteiger partial charge on any atom is -0.221 e. The summed E-state index contributed by atoms with van der Waals surface area (Å²) in [5.41, 5.74) is 1.80. The van der Waals surface area contributed by atoms with Crippen LogP contribution < -0.4 is 0 Å². The van der Waals surface area contributed by atoms with E-state index >= 15 is 0 Å². The molecule has 1 radical (unpaired) electrons. The van der Waals surface area contributed by atoms with Crippen molar-refractivity contribution >= 4 is 5.65 Å². The van der Waals surface area contributed by atoms with Crippen molar-refractivity contribution in [1.29, 1.82) is 0 Å². The highest BCUT2D eigenvalue weighted by molar-refractivity contribution is 5.37.